The molecular formula is C20H19ClN4O4S2. The summed E-state index contributed by atoms with van der Waals surface area (Å²) in [5.41, 5.74) is 0.714. The highest BCUT2D eigenvalue weighted by Gasteiger charge is 2.34. The van der Waals surface area contributed by atoms with E-state index in [1.54, 1.807) is 31.2 Å². The van der Waals surface area contributed by atoms with Crippen molar-refractivity contribution in [3.05, 3.63) is 51.3 Å². The number of urea groups is 1. The number of carbonyl (C=O) groups is 3. The van der Waals surface area contributed by atoms with Crippen molar-refractivity contribution in [3.63, 3.8) is 0 Å². The normalized spacial score (nSPS) is 15.6. The minimum absolute atomic E-state index is 0.232. The molecule has 0 bridgehead atoms. The predicted octanol–water partition coefficient (Wildman–Crippen LogP) is 3.73. The van der Waals surface area contributed by atoms with Crippen molar-refractivity contribution in [2.24, 2.45) is 4.99 Å². The van der Waals surface area contributed by atoms with E-state index in [0.29, 0.717) is 21.6 Å². The van der Waals surface area contributed by atoms with Crippen LogP contribution in [0.5, 0.6) is 5.75 Å². The largest absolute Gasteiger partial charge is 0.495 e. The van der Waals surface area contributed by atoms with Crippen LogP contribution < -0.4 is 20.3 Å². The van der Waals surface area contributed by atoms with Gasteiger partial charge in [0.15, 0.2) is 5.17 Å². The topological polar surface area (TPSA) is 100 Å². The summed E-state index contributed by atoms with van der Waals surface area (Å²) in [4.78, 5) is 43.6. The predicted molar refractivity (Wildman–Crippen MR) is 125 cm³/mol. The summed E-state index contributed by atoms with van der Waals surface area (Å²) < 4.78 is 5.18. The molecule has 2 aromatic rings. The molecule has 1 aromatic heterocycles. The van der Waals surface area contributed by atoms with Crippen molar-refractivity contribution >= 4 is 69.5 Å². The van der Waals surface area contributed by atoms with Crippen LogP contribution in [0.25, 0.3) is 6.08 Å². The van der Waals surface area contributed by atoms with E-state index in [4.69, 9.17) is 16.3 Å². The van der Waals surface area contributed by atoms with Gasteiger partial charge in [-0.1, -0.05) is 29.4 Å². The third-order valence-corrected chi connectivity index (χ3v) is 6.33. The number of rotatable bonds is 5. The Balaban J connectivity index is 1.94. The number of aliphatic imine (C=N–C) groups is 1. The van der Waals surface area contributed by atoms with Gasteiger partial charge >= 0.3 is 6.03 Å². The Kier molecular flexibility index (Phi) is 7.37. The van der Waals surface area contributed by atoms with Crippen LogP contribution in [0.15, 0.2) is 46.4 Å². The molecule has 0 saturated carbocycles. The third-order valence-electron chi connectivity index (χ3n) is 4.16. The van der Waals surface area contributed by atoms with Crippen LogP contribution >= 0.6 is 34.7 Å². The fraction of sp³-hybridized carbons (Fsp3) is 0.200. The standard InChI is InChI=1S/C20H19ClN4O4S2/c1-11(17(26)24-19(28)22-2)31-20-23-15(10-13-5-4-8-30-13)18(27)25(20)12-6-7-16(29-3)14(21)9-12/h4-11H,1-3H3,(H2,22,24,26,28)/b15-10-. The first-order valence-corrected chi connectivity index (χ1v) is 11.2. The molecule has 0 fully saturated rings. The maximum Gasteiger partial charge on any atom is 0.321 e. The number of amides is 4. The molecule has 0 radical (unpaired) electrons. The minimum atomic E-state index is -0.693. The summed E-state index contributed by atoms with van der Waals surface area (Å²) in [5.74, 6) is -0.394. The molecule has 11 heteroatoms. The van der Waals surface area contributed by atoms with Gasteiger partial charge in [-0.05, 0) is 42.6 Å². The number of hydrogen-bond acceptors (Lipinski definition) is 7. The van der Waals surface area contributed by atoms with E-state index >= 15 is 0 Å². The van der Waals surface area contributed by atoms with Crippen LogP contribution in [0.4, 0.5) is 10.5 Å². The van der Waals surface area contributed by atoms with Crippen molar-refractivity contribution in [2.45, 2.75) is 12.2 Å². The lowest BCUT2D eigenvalue weighted by atomic mass is 10.2. The number of benzene rings is 1. The van der Waals surface area contributed by atoms with Gasteiger partial charge in [-0.15, -0.1) is 11.3 Å². The molecule has 1 aromatic carbocycles. The van der Waals surface area contributed by atoms with Gasteiger partial charge in [0.1, 0.15) is 11.4 Å². The second kappa shape index (κ2) is 9.99. The maximum absolute atomic E-state index is 13.2. The van der Waals surface area contributed by atoms with Crippen molar-refractivity contribution in [1.29, 1.82) is 0 Å². The number of thiophene rings is 1. The third kappa shape index (κ3) is 5.27. The van der Waals surface area contributed by atoms with Crippen molar-refractivity contribution in [3.8, 4) is 5.75 Å². The number of anilines is 1. The Morgan fingerprint density at radius 3 is 2.74 bits per heavy atom. The molecule has 0 aliphatic carbocycles. The Hall–Kier alpha value is -2.82. The van der Waals surface area contributed by atoms with Crippen molar-refractivity contribution in [2.75, 3.05) is 19.1 Å². The Labute approximate surface area is 192 Å². The lowest BCUT2D eigenvalue weighted by molar-refractivity contribution is -0.119. The Morgan fingerprint density at radius 2 is 2.13 bits per heavy atom. The van der Waals surface area contributed by atoms with Gasteiger partial charge in [-0.2, -0.15) is 0 Å². The first-order valence-electron chi connectivity index (χ1n) is 9.05. The summed E-state index contributed by atoms with van der Waals surface area (Å²) >= 11 is 8.79. The van der Waals surface area contributed by atoms with Crippen LogP contribution in [-0.4, -0.2) is 42.4 Å². The average molecular weight is 479 g/mol. The number of halogens is 1. The quantitative estimate of drug-likeness (QED) is 0.638. The summed E-state index contributed by atoms with van der Waals surface area (Å²) in [5, 5.41) is 6.39. The van der Waals surface area contributed by atoms with E-state index in [1.165, 1.54) is 30.4 Å². The molecule has 2 N–H and O–H groups in total. The number of nitrogens with one attached hydrogen (secondary N) is 2. The number of ether oxygens (including phenoxy) is 1. The Morgan fingerprint density at radius 1 is 1.35 bits per heavy atom. The van der Waals surface area contributed by atoms with Crippen LogP contribution in [0.1, 0.15) is 11.8 Å². The zero-order chi connectivity index (χ0) is 22.5. The second-order valence-corrected chi connectivity index (χ2v) is 8.92. The molecule has 1 aliphatic rings. The number of carbonyl (C=O) groups excluding carboxylic acids is 3. The first kappa shape index (κ1) is 22.9. The van der Waals surface area contributed by atoms with Crippen molar-refractivity contribution in [1.82, 2.24) is 10.6 Å². The van der Waals surface area contributed by atoms with E-state index in [1.807, 2.05) is 17.5 Å². The number of hydrogen-bond donors (Lipinski definition) is 2. The molecule has 3 rings (SSSR count). The molecule has 162 valence electrons. The molecular weight excluding hydrogens is 460 g/mol. The van der Waals surface area contributed by atoms with Gasteiger partial charge in [0, 0.05) is 11.9 Å². The first-order chi connectivity index (χ1) is 14.8. The zero-order valence-electron chi connectivity index (χ0n) is 16.8. The average Bonchev–Trinajstić information content (AvgIpc) is 3.36. The number of nitrogens with zero attached hydrogens (tertiary/aromatic N) is 2. The van der Waals surface area contributed by atoms with Crippen LogP contribution in [0.2, 0.25) is 5.02 Å². The number of thioether (sulfide) groups is 1. The minimum Gasteiger partial charge on any atom is -0.495 e. The molecule has 4 amide bonds. The number of amidine groups is 1. The van der Waals surface area contributed by atoms with E-state index in [0.717, 1.165) is 16.6 Å². The monoisotopic (exact) mass is 478 g/mol. The van der Waals surface area contributed by atoms with Gasteiger partial charge in [-0.25, -0.2) is 9.79 Å². The highest BCUT2D eigenvalue weighted by atomic mass is 35.5. The van der Waals surface area contributed by atoms with Gasteiger partial charge in [0.05, 0.1) is 23.1 Å². The molecule has 8 nitrogen and oxygen atoms in total. The number of imide groups is 1. The van der Waals surface area contributed by atoms with Gasteiger partial charge in [0.2, 0.25) is 5.91 Å². The van der Waals surface area contributed by atoms with E-state index in [2.05, 4.69) is 15.6 Å². The van der Waals surface area contributed by atoms with Crippen LogP contribution in [0, 0.1) is 0 Å². The lowest BCUT2D eigenvalue weighted by Gasteiger charge is -2.20. The maximum atomic E-state index is 13.2. The molecule has 31 heavy (non-hydrogen) atoms. The fourth-order valence-electron chi connectivity index (χ4n) is 2.59. The van der Waals surface area contributed by atoms with Gasteiger partial charge in [0.25, 0.3) is 5.91 Å². The van der Waals surface area contributed by atoms with E-state index in [-0.39, 0.29) is 11.6 Å². The summed E-state index contributed by atoms with van der Waals surface area (Å²) in [6, 6.07) is 8.07. The van der Waals surface area contributed by atoms with Crippen LogP contribution in [0.3, 0.4) is 0 Å². The molecule has 0 saturated heterocycles. The molecule has 1 atom stereocenters. The SMILES string of the molecule is CNC(=O)NC(=O)C(C)SC1=N/C(=C\c2cccs2)C(=O)N1c1ccc(OC)c(Cl)c1. The van der Waals surface area contributed by atoms with Crippen LogP contribution in [-0.2, 0) is 9.59 Å². The highest BCUT2D eigenvalue weighted by molar-refractivity contribution is 8.15. The smallest absolute Gasteiger partial charge is 0.321 e. The van der Waals surface area contributed by atoms with Gasteiger partial charge in [-0.3, -0.25) is 19.8 Å². The molecule has 1 unspecified atom stereocenters. The Bertz CT molecular complexity index is 1070. The lowest BCUT2D eigenvalue weighted by Crippen LogP contribution is -2.42. The van der Waals surface area contributed by atoms with Gasteiger partial charge < -0.3 is 10.1 Å². The summed E-state index contributed by atoms with van der Waals surface area (Å²) in [7, 11) is 2.91. The molecule has 1 aliphatic heterocycles. The zero-order valence-corrected chi connectivity index (χ0v) is 19.2. The summed E-state index contributed by atoms with van der Waals surface area (Å²) in [6.45, 7) is 1.62. The van der Waals surface area contributed by atoms with Crippen molar-refractivity contribution < 1.29 is 19.1 Å². The molecule has 0 spiro atoms. The van der Waals surface area contributed by atoms with E-state index < -0.39 is 17.2 Å². The second-order valence-electron chi connectivity index (χ2n) is 6.23. The van der Waals surface area contributed by atoms with E-state index in [9.17, 15) is 14.4 Å². The summed E-state index contributed by atoms with van der Waals surface area (Å²) in [6.07, 6.45) is 1.69. The fourth-order valence-corrected chi connectivity index (χ4v) is 4.42. The molecule has 2 heterocycles. The highest BCUT2D eigenvalue weighted by Crippen LogP contribution is 2.35. The number of methoxy groups -OCH3 is 1.